The summed E-state index contributed by atoms with van der Waals surface area (Å²) in [5, 5.41) is 9.52. The summed E-state index contributed by atoms with van der Waals surface area (Å²) in [7, 11) is 0. The molecule has 0 heterocycles. The highest BCUT2D eigenvalue weighted by atomic mass is 16.4. The average Bonchev–Trinajstić information content (AvgIpc) is 2.79. The summed E-state index contributed by atoms with van der Waals surface area (Å²) >= 11 is 0. The molecule has 0 amide bonds. The summed E-state index contributed by atoms with van der Waals surface area (Å²) in [5.74, 6) is 0.119. The molecule has 0 aromatic heterocycles. The average molecular weight is 254 g/mol. The van der Waals surface area contributed by atoms with Crippen molar-refractivity contribution in [1.82, 2.24) is 0 Å². The SMILES string of the molecule is CCCCCCCCC1(C(=O)O)CCC(CC)C1. The van der Waals surface area contributed by atoms with Gasteiger partial charge in [0, 0.05) is 0 Å². The molecule has 1 rings (SSSR count). The lowest BCUT2D eigenvalue weighted by Crippen LogP contribution is -2.28. The number of hydrogen-bond acceptors (Lipinski definition) is 1. The van der Waals surface area contributed by atoms with E-state index in [9.17, 15) is 9.90 Å². The number of aliphatic carboxylic acids is 1. The molecular formula is C16H30O2. The molecule has 106 valence electrons. The molecule has 0 aromatic carbocycles. The van der Waals surface area contributed by atoms with Gasteiger partial charge in [-0.1, -0.05) is 58.8 Å². The Balaban J connectivity index is 2.29. The Labute approximate surface area is 112 Å². The zero-order valence-electron chi connectivity index (χ0n) is 12.2. The number of carbonyl (C=O) groups is 1. The molecule has 0 spiro atoms. The van der Waals surface area contributed by atoms with Gasteiger partial charge in [-0.15, -0.1) is 0 Å². The Morgan fingerprint density at radius 3 is 2.39 bits per heavy atom. The van der Waals surface area contributed by atoms with Gasteiger partial charge in [-0.25, -0.2) is 0 Å². The van der Waals surface area contributed by atoms with Crippen LogP contribution in [0, 0.1) is 11.3 Å². The van der Waals surface area contributed by atoms with E-state index in [4.69, 9.17) is 0 Å². The molecule has 0 bridgehead atoms. The third-order valence-electron chi connectivity index (χ3n) is 4.75. The molecule has 1 fully saturated rings. The van der Waals surface area contributed by atoms with Crippen molar-refractivity contribution in [1.29, 1.82) is 0 Å². The van der Waals surface area contributed by atoms with Crippen LogP contribution in [0.3, 0.4) is 0 Å². The predicted octanol–water partition coefficient (Wildman–Crippen LogP) is 5.02. The molecule has 2 nitrogen and oxygen atoms in total. The van der Waals surface area contributed by atoms with E-state index in [0.717, 1.165) is 38.5 Å². The Morgan fingerprint density at radius 1 is 1.17 bits per heavy atom. The van der Waals surface area contributed by atoms with Crippen molar-refractivity contribution >= 4 is 5.97 Å². The smallest absolute Gasteiger partial charge is 0.309 e. The maximum Gasteiger partial charge on any atom is 0.309 e. The van der Waals surface area contributed by atoms with Crippen LogP contribution in [0.5, 0.6) is 0 Å². The zero-order valence-corrected chi connectivity index (χ0v) is 12.2. The molecule has 0 aliphatic heterocycles. The van der Waals surface area contributed by atoms with E-state index in [-0.39, 0.29) is 5.41 Å². The minimum Gasteiger partial charge on any atom is -0.481 e. The van der Waals surface area contributed by atoms with E-state index in [1.54, 1.807) is 0 Å². The number of carboxylic acid groups (broad SMARTS) is 1. The lowest BCUT2D eigenvalue weighted by Gasteiger charge is -2.24. The van der Waals surface area contributed by atoms with E-state index in [1.165, 1.54) is 32.1 Å². The van der Waals surface area contributed by atoms with Crippen LogP contribution in [0.15, 0.2) is 0 Å². The lowest BCUT2D eigenvalue weighted by molar-refractivity contribution is -0.149. The molecule has 0 radical (unpaired) electrons. The second kappa shape index (κ2) is 7.81. The van der Waals surface area contributed by atoms with Crippen molar-refractivity contribution in [3.8, 4) is 0 Å². The molecule has 1 saturated carbocycles. The van der Waals surface area contributed by atoms with Crippen molar-refractivity contribution in [3.05, 3.63) is 0 Å². The Bertz CT molecular complexity index is 249. The highest BCUT2D eigenvalue weighted by Gasteiger charge is 2.44. The Morgan fingerprint density at radius 2 is 1.83 bits per heavy atom. The summed E-state index contributed by atoms with van der Waals surface area (Å²) in [6.07, 6.45) is 12.5. The molecule has 2 unspecified atom stereocenters. The molecule has 0 aromatic rings. The first-order valence-corrected chi connectivity index (χ1v) is 7.88. The number of carboxylic acids is 1. The molecule has 0 saturated heterocycles. The van der Waals surface area contributed by atoms with Crippen LogP contribution in [0.25, 0.3) is 0 Å². The fourth-order valence-electron chi connectivity index (χ4n) is 3.36. The maximum absolute atomic E-state index is 11.6. The fraction of sp³-hybridized carbons (Fsp3) is 0.938. The van der Waals surface area contributed by atoms with Crippen LogP contribution in [0.1, 0.15) is 84.5 Å². The van der Waals surface area contributed by atoms with E-state index >= 15 is 0 Å². The van der Waals surface area contributed by atoms with Gasteiger partial charge < -0.3 is 5.11 Å². The topological polar surface area (TPSA) is 37.3 Å². The van der Waals surface area contributed by atoms with Crippen molar-refractivity contribution in [3.63, 3.8) is 0 Å². The van der Waals surface area contributed by atoms with Crippen LogP contribution in [-0.2, 0) is 4.79 Å². The highest BCUT2D eigenvalue weighted by Crippen LogP contribution is 2.46. The number of hydrogen-bond donors (Lipinski definition) is 1. The highest BCUT2D eigenvalue weighted by molar-refractivity contribution is 5.75. The van der Waals surface area contributed by atoms with Gasteiger partial charge in [-0.05, 0) is 31.6 Å². The van der Waals surface area contributed by atoms with Gasteiger partial charge in [-0.2, -0.15) is 0 Å². The summed E-state index contributed by atoms with van der Waals surface area (Å²) in [4.78, 5) is 11.6. The van der Waals surface area contributed by atoms with Gasteiger partial charge in [0.25, 0.3) is 0 Å². The van der Waals surface area contributed by atoms with Gasteiger partial charge in [-0.3, -0.25) is 4.79 Å². The molecular weight excluding hydrogens is 224 g/mol. The van der Waals surface area contributed by atoms with E-state index in [0.29, 0.717) is 5.92 Å². The Hall–Kier alpha value is -0.530. The lowest BCUT2D eigenvalue weighted by atomic mass is 9.80. The summed E-state index contributed by atoms with van der Waals surface area (Å²) in [5.41, 5.74) is -0.370. The second-order valence-electron chi connectivity index (χ2n) is 6.12. The fourth-order valence-corrected chi connectivity index (χ4v) is 3.36. The molecule has 1 aliphatic carbocycles. The first-order chi connectivity index (χ1) is 8.64. The van der Waals surface area contributed by atoms with E-state index in [2.05, 4.69) is 13.8 Å². The summed E-state index contributed by atoms with van der Waals surface area (Å²) < 4.78 is 0. The molecule has 2 atom stereocenters. The van der Waals surface area contributed by atoms with E-state index in [1.807, 2.05) is 0 Å². The maximum atomic E-state index is 11.6. The van der Waals surface area contributed by atoms with Crippen LogP contribution < -0.4 is 0 Å². The van der Waals surface area contributed by atoms with Crippen LogP contribution >= 0.6 is 0 Å². The summed E-state index contributed by atoms with van der Waals surface area (Å²) in [6.45, 7) is 4.41. The Kier molecular flexibility index (Phi) is 6.73. The third kappa shape index (κ3) is 4.29. The van der Waals surface area contributed by atoms with Crippen LogP contribution in [-0.4, -0.2) is 11.1 Å². The van der Waals surface area contributed by atoms with Gasteiger partial charge in [0.2, 0.25) is 0 Å². The van der Waals surface area contributed by atoms with Crippen molar-refractivity contribution in [2.45, 2.75) is 84.5 Å². The predicted molar refractivity (Wildman–Crippen MR) is 75.7 cm³/mol. The normalized spacial score (nSPS) is 27.6. The van der Waals surface area contributed by atoms with E-state index < -0.39 is 5.97 Å². The first kappa shape index (κ1) is 15.5. The quantitative estimate of drug-likeness (QED) is 0.587. The minimum atomic E-state index is -0.535. The van der Waals surface area contributed by atoms with Crippen LogP contribution in [0.2, 0.25) is 0 Å². The third-order valence-corrected chi connectivity index (χ3v) is 4.75. The standard InChI is InChI=1S/C16H30O2/c1-3-5-6-7-8-9-11-16(15(17)18)12-10-14(4-2)13-16/h14H,3-13H2,1-2H3,(H,17,18). The van der Waals surface area contributed by atoms with Crippen molar-refractivity contribution in [2.75, 3.05) is 0 Å². The molecule has 1 aliphatic rings. The monoisotopic (exact) mass is 254 g/mol. The largest absolute Gasteiger partial charge is 0.481 e. The molecule has 1 N–H and O–H groups in total. The van der Waals surface area contributed by atoms with Crippen LogP contribution in [0.4, 0.5) is 0 Å². The van der Waals surface area contributed by atoms with Gasteiger partial charge >= 0.3 is 5.97 Å². The van der Waals surface area contributed by atoms with Gasteiger partial charge in [0.05, 0.1) is 5.41 Å². The molecule has 18 heavy (non-hydrogen) atoms. The van der Waals surface area contributed by atoms with Crippen molar-refractivity contribution < 1.29 is 9.90 Å². The first-order valence-electron chi connectivity index (χ1n) is 7.88. The van der Waals surface area contributed by atoms with Crippen molar-refractivity contribution in [2.24, 2.45) is 11.3 Å². The minimum absolute atomic E-state index is 0.370. The molecule has 2 heteroatoms. The second-order valence-corrected chi connectivity index (χ2v) is 6.12. The number of rotatable bonds is 9. The number of unbranched alkanes of at least 4 members (excludes halogenated alkanes) is 5. The summed E-state index contributed by atoms with van der Waals surface area (Å²) in [6, 6.07) is 0. The van der Waals surface area contributed by atoms with Gasteiger partial charge in [0.15, 0.2) is 0 Å². The van der Waals surface area contributed by atoms with Gasteiger partial charge in [0.1, 0.15) is 0 Å². The zero-order chi connectivity index (χ0) is 13.4.